The van der Waals surface area contributed by atoms with Gasteiger partial charge in [0.1, 0.15) is 0 Å². The summed E-state index contributed by atoms with van der Waals surface area (Å²) in [6.07, 6.45) is 2.41. The standard InChI is InChI=1S/C18H20O/c1-3-12-9-15-14-8-6-5-7-13(14)11-16(15)17(10-12)18(19)4-2/h5-10,18-19H,3-4,11H2,1-2H3. The van der Waals surface area contributed by atoms with Gasteiger partial charge in [0.15, 0.2) is 0 Å². The molecule has 2 aromatic carbocycles. The number of aliphatic hydroxyl groups excluding tert-OH is 1. The fraction of sp³-hybridized carbons (Fsp3) is 0.333. The normalized spacial score (nSPS) is 14.1. The van der Waals surface area contributed by atoms with Crippen LogP contribution < -0.4 is 0 Å². The third-order valence-electron chi connectivity index (χ3n) is 4.17. The molecular weight excluding hydrogens is 232 g/mol. The van der Waals surface area contributed by atoms with Crippen molar-refractivity contribution >= 4 is 0 Å². The maximum Gasteiger partial charge on any atom is 0.0790 e. The third-order valence-corrected chi connectivity index (χ3v) is 4.17. The Morgan fingerprint density at radius 2 is 1.89 bits per heavy atom. The molecule has 1 unspecified atom stereocenters. The van der Waals surface area contributed by atoms with Gasteiger partial charge in [-0.3, -0.25) is 0 Å². The van der Waals surface area contributed by atoms with Crippen LogP contribution in [0.3, 0.4) is 0 Å². The zero-order valence-corrected chi connectivity index (χ0v) is 11.6. The summed E-state index contributed by atoms with van der Waals surface area (Å²) in [6, 6.07) is 13.1. The fourth-order valence-electron chi connectivity index (χ4n) is 3.04. The van der Waals surface area contributed by atoms with Gasteiger partial charge in [0, 0.05) is 0 Å². The molecule has 0 aliphatic heterocycles. The number of hydrogen-bond acceptors (Lipinski definition) is 1. The van der Waals surface area contributed by atoms with Gasteiger partial charge in [-0.1, -0.05) is 50.2 Å². The first-order valence-corrected chi connectivity index (χ1v) is 7.16. The smallest absolute Gasteiger partial charge is 0.0790 e. The monoisotopic (exact) mass is 252 g/mol. The molecule has 19 heavy (non-hydrogen) atoms. The van der Waals surface area contributed by atoms with Gasteiger partial charge in [-0.15, -0.1) is 0 Å². The SMILES string of the molecule is CCc1cc2c(c(C(O)CC)c1)Cc1ccccc1-2. The summed E-state index contributed by atoms with van der Waals surface area (Å²) >= 11 is 0. The molecule has 0 spiro atoms. The molecule has 0 amide bonds. The van der Waals surface area contributed by atoms with Crippen LogP contribution >= 0.6 is 0 Å². The average molecular weight is 252 g/mol. The Bertz CT molecular complexity index is 613. The van der Waals surface area contributed by atoms with Gasteiger partial charge in [0.05, 0.1) is 6.10 Å². The first-order valence-electron chi connectivity index (χ1n) is 7.16. The van der Waals surface area contributed by atoms with Gasteiger partial charge in [-0.25, -0.2) is 0 Å². The van der Waals surface area contributed by atoms with Crippen molar-refractivity contribution in [2.75, 3.05) is 0 Å². The third kappa shape index (κ3) is 1.98. The van der Waals surface area contributed by atoms with E-state index in [-0.39, 0.29) is 6.10 Å². The molecule has 1 heteroatoms. The van der Waals surface area contributed by atoms with Crippen LogP contribution in [0.15, 0.2) is 36.4 Å². The van der Waals surface area contributed by atoms with Gasteiger partial charge in [-0.2, -0.15) is 0 Å². The summed E-state index contributed by atoms with van der Waals surface area (Å²) in [7, 11) is 0. The topological polar surface area (TPSA) is 20.2 Å². The van der Waals surface area contributed by atoms with Gasteiger partial charge < -0.3 is 5.11 Å². The minimum absolute atomic E-state index is 0.338. The Kier molecular flexibility index (Phi) is 3.16. The maximum absolute atomic E-state index is 10.3. The highest BCUT2D eigenvalue weighted by Gasteiger charge is 2.23. The number of rotatable bonds is 3. The first kappa shape index (κ1) is 12.4. The molecule has 0 aromatic heterocycles. The van der Waals surface area contributed by atoms with Crippen molar-refractivity contribution in [2.45, 2.75) is 39.2 Å². The predicted molar refractivity (Wildman–Crippen MR) is 79.3 cm³/mol. The van der Waals surface area contributed by atoms with Crippen molar-refractivity contribution in [1.29, 1.82) is 0 Å². The lowest BCUT2D eigenvalue weighted by molar-refractivity contribution is 0.173. The first-order chi connectivity index (χ1) is 9.24. The van der Waals surface area contributed by atoms with Crippen molar-refractivity contribution < 1.29 is 5.11 Å². The van der Waals surface area contributed by atoms with Crippen LogP contribution in [-0.4, -0.2) is 5.11 Å². The molecule has 1 aliphatic rings. The van der Waals surface area contributed by atoms with Gasteiger partial charge in [0.2, 0.25) is 0 Å². The summed E-state index contributed by atoms with van der Waals surface area (Å²) in [6.45, 7) is 4.21. The van der Waals surface area contributed by atoms with Crippen LogP contribution in [0.25, 0.3) is 11.1 Å². The summed E-state index contributed by atoms with van der Waals surface area (Å²) in [5.41, 5.74) is 7.84. The average Bonchev–Trinajstić information content (AvgIpc) is 2.84. The van der Waals surface area contributed by atoms with Crippen molar-refractivity contribution in [3.63, 3.8) is 0 Å². The summed E-state index contributed by atoms with van der Waals surface area (Å²) in [5, 5.41) is 10.3. The van der Waals surface area contributed by atoms with Crippen molar-refractivity contribution in [2.24, 2.45) is 0 Å². The zero-order valence-electron chi connectivity index (χ0n) is 11.6. The van der Waals surface area contributed by atoms with Gasteiger partial charge >= 0.3 is 0 Å². The highest BCUT2D eigenvalue weighted by Crippen LogP contribution is 2.41. The van der Waals surface area contributed by atoms with Crippen LogP contribution in [0, 0.1) is 0 Å². The quantitative estimate of drug-likeness (QED) is 0.738. The van der Waals surface area contributed by atoms with Crippen molar-refractivity contribution in [1.82, 2.24) is 0 Å². The highest BCUT2D eigenvalue weighted by molar-refractivity contribution is 5.78. The van der Waals surface area contributed by atoms with E-state index in [1.807, 2.05) is 6.92 Å². The lowest BCUT2D eigenvalue weighted by atomic mass is 9.93. The molecule has 1 N–H and O–H groups in total. The second kappa shape index (κ2) is 4.82. The van der Waals surface area contributed by atoms with Crippen molar-refractivity contribution in [3.05, 3.63) is 58.7 Å². The van der Waals surface area contributed by atoms with E-state index in [9.17, 15) is 5.11 Å². The second-order valence-electron chi connectivity index (χ2n) is 5.32. The van der Waals surface area contributed by atoms with E-state index in [1.54, 1.807) is 0 Å². The number of hydrogen-bond donors (Lipinski definition) is 1. The molecule has 1 aliphatic carbocycles. The lowest BCUT2D eigenvalue weighted by Gasteiger charge is -2.15. The van der Waals surface area contributed by atoms with E-state index >= 15 is 0 Å². The van der Waals surface area contributed by atoms with Crippen LogP contribution in [0.2, 0.25) is 0 Å². The van der Waals surface area contributed by atoms with E-state index in [0.717, 1.165) is 24.8 Å². The molecule has 2 aromatic rings. The Balaban J connectivity index is 2.21. The van der Waals surface area contributed by atoms with E-state index < -0.39 is 0 Å². The zero-order chi connectivity index (χ0) is 13.4. The number of fused-ring (bicyclic) bond motifs is 3. The maximum atomic E-state index is 10.3. The van der Waals surface area contributed by atoms with E-state index in [0.29, 0.717) is 0 Å². The van der Waals surface area contributed by atoms with E-state index in [1.165, 1.54) is 27.8 Å². The minimum Gasteiger partial charge on any atom is -0.388 e. The summed E-state index contributed by atoms with van der Waals surface area (Å²) < 4.78 is 0. The Morgan fingerprint density at radius 1 is 1.11 bits per heavy atom. The number of aryl methyl sites for hydroxylation is 1. The highest BCUT2D eigenvalue weighted by atomic mass is 16.3. The molecule has 1 atom stereocenters. The van der Waals surface area contributed by atoms with E-state index in [2.05, 4.69) is 43.3 Å². The minimum atomic E-state index is -0.338. The Hall–Kier alpha value is -1.60. The van der Waals surface area contributed by atoms with Crippen LogP contribution in [-0.2, 0) is 12.8 Å². The number of aliphatic hydroxyl groups is 1. The largest absolute Gasteiger partial charge is 0.388 e. The van der Waals surface area contributed by atoms with Gasteiger partial charge in [-0.05, 0) is 52.6 Å². The lowest BCUT2D eigenvalue weighted by Crippen LogP contribution is -2.02. The Labute approximate surface area is 114 Å². The molecular formula is C18H20O. The molecule has 0 heterocycles. The molecule has 1 nitrogen and oxygen atoms in total. The predicted octanol–water partition coefficient (Wildman–Crippen LogP) is 4.26. The molecule has 3 rings (SSSR count). The molecule has 0 saturated heterocycles. The Morgan fingerprint density at radius 3 is 2.63 bits per heavy atom. The summed E-state index contributed by atoms with van der Waals surface area (Å²) in [5.74, 6) is 0. The van der Waals surface area contributed by atoms with Gasteiger partial charge in [0.25, 0.3) is 0 Å². The van der Waals surface area contributed by atoms with Crippen LogP contribution in [0.1, 0.15) is 48.6 Å². The molecule has 98 valence electrons. The van der Waals surface area contributed by atoms with Crippen molar-refractivity contribution in [3.8, 4) is 11.1 Å². The molecule has 0 radical (unpaired) electrons. The second-order valence-corrected chi connectivity index (χ2v) is 5.32. The fourth-order valence-corrected chi connectivity index (χ4v) is 3.04. The number of benzene rings is 2. The van der Waals surface area contributed by atoms with Crippen LogP contribution in [0.5, 0.6) is 0 Å². The molecule has 0 bridgehead atoms. The van der Waals surface area contributed by atoms with Crippen LogP contribution in [0.4, 0.5) is 0 Å². The molecule has 0 saturated carbocycles. The molecule has 0 fully saturated rings. The summed E-state index contributed by atoms with van der Waals surface area (Å²) in [4.78, 5) is 0. The van der Waals surface area contributed by atoms with E-state index in [4.69, 9.17) is 0 Å².